The summed E-state index contributed by atoms with van der Waals surface area (Å²) in [5.41, 5.74) is 0.0129. The van der Waals surface area contributed by atoms with E-state index in [0.717, 1.165) is 0 Å². The Morgan fingerprint density at radius 2 is 1.95 bits per heavy atom. The maximum Gasteiger partial charge on any atom is 0.335 e. The zero-order chi connectivity index (χ0) is 14.6. The van der Waals surface area contributed by atoms with E-state index in [4.69, 9.17) is 16.7 Å². The zero-order valence-electron chi connectivity index (χ0n) is 10.9. The van der Waals surface area contributed by atoms with Gasteiger partial charge in [-0.25, -0.2) is 9.78 Å². The van der Waals surface area contributed by atoms with Crippen molar-refractivity contribution in [3.8, 4) is 0 Å². The lowest BCUT2D eigenvalue weighted by molar-refractivity contribution is -0.122. The highest BCUT2D eigenvalue weighted by molar-refractivity contribution is 6.29. The lowest BCUT2D eigenvalue weighted by Gasteiger charge is -2.16. The molecule has 1 aromatic rings. The SMILES string of the molecule is CC(C)NC(=O)C(C)Nc1cc(C(=O)O)cc(Cl)n1. The summed E-state index contributed by atoms with van der Waals surface area (Å²) < 4.78 is 0. The standard InChI is InChI=1S/C12H16ClN3O3/c1-6(2)14-11(17)7(3)15-10-5-8(12(18)19)4-9(13)16-10/h4-7H,1-3H3,(H,14,17)(H,15,16)(H,18,19). The van der Waals surface area contributed by atoms with E-state index in [0.29, 0.717) is 0 Å². The fraction of sp³-hybridized carbons (Fsp3) is 0.417. The average Bonchev–Trinajstić information content (AvgIpc) is 2.26. The molecule has 0 aliphatic rings. The Morgan fingerprint density at radius 3 is 2.47 bits per heavy atom. The highest BCUT2D eigenvalue weighted by Gasteiger charge is 2.15. The van der Waals surface area contributed by atoms with Crippen molar-refractivity contribution in [3.05, 3.63) is 22.8 Å². The van der Waals surface area contributed by atoms with Crippen LogP contribution in [0.5, 0.6) is 0 Å². The van der Waals surface area contributed by atoms with Crippen LogP contribution in [0.1, 0.15) is 31.1 Å². The number of carboxylic acids is 1. The van der Waals surface area contributed by atoms with Crippen LogP contribution >= 0.6 is 11.6 Å². The van der Waals surface area contributed by atoms with Gasteiger partial charge >= 0.3 is 5.97 Å². The van der Waals surface area contributed by atoms with Gasteiger partial charge in [0.1, 0.15) is 17.0 Å². The summed E-state index contributed by atoms with van der Waals surface area (Å²) in [7, 11) is 0. The summed E-state index contributed by atoms with van der Waals surface area (Å²) in [6.45, 7) is 5.36. The minimum atomic E-state index is -1.10. The van der Waals surface area contributed by atoms with E-state index in [1.807, 2.05) is 13.8 Å². The smallest absolute Gasteiger partial charge is 0.335 e. The number of aromatic nitrogens is 1. The van der Waals surface area contributed by atoms with E-state index in [-0.39, 0.29) is 28.5 Å². The van der Waals surface area contributed by atoms with Crippen LogP contribution in [-0.2, 0) is 4.79 Å². The van der Waals surface area contributed by atoms with Gasteiger partial charge in [-0.05, 0) is 32.9 Å². The molecule has 0 radical (unpaired) electrons. The minimum Gasteiger partial charge on any atom is -0.478 e. The van der Waals surface area contributed by atoms with Crippen molar-refractivity contribution in [1.29, 1.82) is 0 Å². The van der Waals surface area contributed by atoms with Crippen LogP contribution < -0.4 is 10.6 Å². The van der Waals surface area contributed by atoms with E-state index < -0.39 is 12.0 Å². The Morgan fingerprint density at radius 1 is 1.32 bits per heavy atom. The molecule has 0 spiro atoms. The molecule has 0 aliphatic heterocycles. The molecular formula is C12H16ClN3O3. The number of anilines is 1. The number of nitrogens with zero attached hydrogens (tertiary/aromatic N) is 1. The molecule has 0 aliphatic carbocycles. The lowest BCUT2D eigenvalue weighted by Crippen LogP contribution is -2.41. The molecule has 104 valence electrons. The van der Waals surface area contributed by atoms with Gasteiger partial charge in [0.25, 0.3) is 0 Å². The molecule has 6 nitrogen and oxygen atoms in total. The summed E-state index contributed by atoms with van der Waals surface area (Å²) >= 11 is 5.73. The van der Waals surface area contributed by atoms with Crippen LogP contribution in [0.2, 0.25) is 5.15 Å². The van der Waals surface area contributed by atoms with Crippen LogP contribution in [0.3, 0.4) is 0 Å². The number of hydrogen-bond donors (Lipinski definition) is 3. The Bertz CT molecular complexity index is 491. The molecule has 0 bridgehead atoms. The van der Waals surface area contributed by atoms with Gasteiger partial charge < -0.3 is 15.7 Å². The van der Waals surface area contributed by atoms with Gasteiger partial charge in [0.05, 0.1) is 5.56 Å². The first kappa shape index (κ1) is 15.2. The number of carbonyl (C=O) groups excluding carboxylic acids is 1. The van der Waals surface area contributed by atoms with Crippen molar-refractivity contribution in [1.82, 2.24) is 10.3 Å². The predicted molar refractivity (Wildman–Crippen MR) is 72.6 cm³/mol. The van der Waals surface area contributed by atoms with Crippen LogP contribution in [0.15, 0.2) is 12.1 Å². The molecule has 7 heteroatoms. The molecule has 0 aromatic carbocycles. The van der Waals surface area contributed by atoms with Gasteiger partial charge in [0.15, 0.2) is 0 Å². The van der Waals surface area contributed by atoms with E-state index in [9.17, 15) is 9.59 Å². The molecule has 0 saturated carbocycles. The molecule has 1 unspecified atom stereocenters. The Hall–Kier alpha value is -1.82. The zero-order valence-corrected chi connectivity index (χ0v) is 11.7. The number of aromatic carboxylic acids is 1. The van der Waals surface area contributed by atoms with Crippen LogP contribution in [0.25, 0.3) is 0 Å². The van der Waals surface area contributed by atoms with Crippen molar-refractivity contribution in [2.24, 2.45) is 0 Å². The molecule has 1 aromatic heterocycles. The number of hydrogen-bond acceptors (Lipinski definition) is 4. The first-order chi connectivity index (χ1) is 8.79. The third-order valence-corrected chi connectivity index (χ3v) is 2.42. The van der Waals surface area contributed by atoms with Crippen molar-refractivity contribution in [2.45, 2.75) is 32.9 Å². The molecule has 1 heterocycles. The number of halogens is 1. The second-order valence-electron chi connectivity index (χ2n) is 4.40. The van der Waals surface area contributed by atoms with Gasteiger partial charge in [-0.2, -0.15) is 0 Å². The second kappa shape index (κ2) is 6.38. The first-order valence-corrected chi connectivity index (χ1v) is 6.15. The van der Waals surface area contributed by atoms with Crippen molar-refractivity contribution in [2.75, 3.05) is 5.32 Å². The molecule has 0 saturated heterocycles. The Balaban J connectivity index is 2.81. The second-order valence-corrected chi connectivity index (χ2v) is 4.79. The predicted octanol–water partition coefficient (Wildman–Crippen LogP) is 1.76. The van der Waals surface area contributed by atoms with Crippen molar-refractivity contribution >= 4 is 29.3 Å². The van der Waals surface area contributed by atoms with Crippen molar-refractivity contribution in [3.63, 3.8) is 0 Å². The number of amides is 1. The summed E-state index contributed by atoms with van der Waals surface area (Å²) in [4.78, 5) is 26.5. The largest absolute Gasteiger partial charge is 0.478 e. The molecular weight excluding hydrogens is 270 g/mol. The minimum absolute atomic E-state index is 0.0129. The van der Waals surface area contributed by atoms with Gasteiger partial charge in [0, 0.05) is 6.04 Å². The molecule has 1 rings (SSSR count). The summed E-state index contributed by atoms with van der Waals surface area (Å²) in [5.74, 6) is -1.06. The van der Waals surface area contributed by atoms with Crippen LogP contribution in [0.4, 0.5) is 5.82 Å². The number of carbonyl (C=O) groups is 2. The van der Waals surface area contributed by atoms with Gasteiger partial charge in [-0.15, -0.1) is 0 Å². The monoisotopic (exact) mass is 285 g/mol. The number of rotatable bonds is 5. The Kier molecular flexibility index (Phi) is 5.11. The molecule has 1 atom stereocenters. The molecule has 19 heavy (non-hydrogen) atoms. The number of nitrogens with one attached hydrogen (secondary N) is 2. The summed E-state index contributed by atoms with van der Waals surface area (Å²) in [6, 6.07) is 2.05. The summed E-state index contributed by atoms with van der Waals surface area (Å²) in [5, 5.41) is 14.5. The Labute approximate surface area is 116 Å². The lowest BCUT2D eigenvalue weighted by atomic mass is 10.2. The fourth-order valence-corrected chi connectivity index (χ4v) is 1.60. The van der Waals surface area contributed by atoms with Gasteiger partial charge in [0.2, 0.25) is 5.91 Å². The topological polar surface area (TPSA) is 91.3 Å². The highest BCUT2D eigenvalue weighted by Crippen LogP contribution is 2.15. The van der Waals surface area contributed by atoms with E-state index in [2.05, 4.69) is 15.6 Å². The molecule has 0 fully saturated rings. The van der Waals surface area contributed by atoms with Crippen LogP contribution in [0, 0.1) is 0 Å². The van der Waals surface area contributed by atoms with Gasteiger partial charge in [-0.1, -0.05) is 11.6 Å². The highest BCUT2D eigenvalue weighted by atomic mass is 35.5. The van der Waals surface area contributed by atoms with Crippen LogP contribution in [-0.4, -0.2) is 34.1 Å². The number of pyridine rings is 1. The maximum atomic E-state index is 11.7. The maximum absolute atomic E-state index is 11.7. The molecule has 1 amide bonds. The fourth-order valence-electron chi connectivity index (χ4n) is 1.39. The van der Waals surface area contributed by atoms with E-state index in [1.54, 1.807) is 6.92 Å². The van der Waals surface area contributed by atoms with Gasteiger partial charge in [-0.3, -0.25) is 4.79 Å². The quantitative estimate of drug-likeness (QED) is 0.717. The third kappa shape index (κ3) is 4.75. The van der Waals surface area contributed by atoms with Crippen molar-refractivity contribution < 1.29 is 14.7 Å². The summed E-state index contributed by atoms with van der Waals surface area (Å²) in [6.07, 6.45) is 0. The van der Waals surface area contributed by atoms with E-state index >= 15 is 0 Å². The normalized spacial score (nSPS) is 12.1. The average molecular weight is 286 g/mol. The third-order valence-electron chi connectivity index (χ3n) is 2.23. The number of carboxylic acid groups (broad SMARTS) is 1. The van der Waals surface area contributed by atoms with E-state index in [1.165, 1.54) is 12.1 Å². The molecule has 3 N–H and O–H groups in total. The first-order valence-electron chi connectivity index (χ1n) is 5.77.